The van der Waals surface area contributed by atoms with Crippen LogP contribution in [-0.2, 0) is 15.9 Å². The molecule has 0 bridgehead atoms. The summed E-state index contributed by atoms with van der Waals surface area (Å²) in [6.07, 6.45) is 0. The van der Waals surface area contributed by atoms with Crippen LogP contribution >= 0.6 is 27.5 Å². The van der Waals surface area contributed by atoms with E-state index >= 15 is 0 Å². The predicted molar refractivity (Wildman–Crippen MR) is 87.6 cm³/mol. The third-order valence-electron chi connectivity index (χ3n) is 2.86. The Morgan fingerprint density at radius 2 is 1.85 bits per heavy atom. The topological polar surface area (TPSA) is 37.4 Å². The Balaban J connectivity index is 3.26. The molecule has 0 N–H and O–H groups in total. The van der Waals surface area contributed by atoms with Crippen molar-refractivity contribution in [1.29, 1.82) is 0 Å². The van der Waals surface area contributed by atoms with Crippen molar-refractivity contribution in [3.8, 4) is 0 Å². The van der Waals surface area contributed by atoms with Gasteiger partial charge in [-0.3, -0.25) is 0 Å². The summed E-state index contributed by atoms with van der Waals surface area (Å²) >= 11 is 9.11. The number of sulfonamides is 1. The van der Waals surface area contributed by atoms with Gasteiger partial charge in [-0.2, -0.15) is 4.31 Å². The molecule has 0 unspecified atom stereocenters. The fourth-order valence-corrected chi connectivity index (χ4v) is 4.96. The molecule has 0 amide bonds. The molecular weight excluding hydrogens is 362 g/mol. The van der Waals surface area contributed by atoms with Gasteiger partial charge in [-0.1, -0.05) is 19.9 Å². The van der Waals surface area contributed by atoms with Gasteiger partial charge in [0.15, 0.2) is 0 Å². The van der Waals surface area contributed by atoms with Crippen LogP contribution in [0.2, 0.25) is 0 Å². The lowest BCUT2D eigenvalue weighted by atomic mass is 10.2. The van der Waals surface area contributed by atoms with Crippen molar-refractivity contribution in [2.24, 2.45) is 5.92 Å². The number of hydrogen-bond acceptors (Lipinski definition) is 2. The SMILES string of the molecule is CC(C)CN(C(C)C)S(=O)(=O)c1ccc(CCl)cc1Br. The number of alkyl halides is 1. The highest BCUT2D eigenvalue weighted by Crippen LogP contribution is 2.28. The second kappa shape index (κ2) is 7.25. The lowest BCUT2D eigenvalue weighted by Crippen LogP contribution is -2.39. The van der Waals surface area contributed by atoms with E-state index in [2.05, 4.69) is 15.9 Å². The van der Waals surface area contributed by atoms with Gasteiger partial charge in [0.1, 0.15) is 0 Å². The molecule has 1 rings (SSSR count). The van der Waals surface area contributed by atoms with Gasteiger partial charge in [0.05, 0.1) is 4.90 Å². The van der Waals surface area contributed by atoms with E-state index in [0.717, 1.165) is 5.56 Å². The van der Waals surface area contributed by atoms with E-state index in [1.807, 2.05) is 27.7 Å². The van der Waals surface area contributed by atoms with Crippen molar-refractivity contribution < 1.29 is 8.42 Å². The molecular formula is C14H21BrClNO2S. The highest BCUT2D eigenvalue weighted by Gasteiger charge is 2.29. The third-order valence-corrected chi connectivity index (χ3v) is 6.19. The summed E-state index contributed by atoms with van der Waals surface area (Å²) in [4.78, 5) is 0.292. The Labute approximate surface area is 135 Å². The molecule has 3 nitrogen and oxygen atoms in total. The van der Waals surface area contributed by atoms with Crippen LogP contribution in [0.3, 0.4) is 0 Å². The summed E-state index contributed by atoms with van der Waals surface area (Å²) in [5.41, 5.74) is 0.887. The minimum atomic E-state index is -3.51. The second-order valence-corrected chi connectivity index (χ2v) is 8.44. The summed E-state index contributed by atoms with van der Waals surface area (Å²) in [6.45, 7) is 8.30. The molecule has 114 valence electrons. The Morgan fingerprint density at radius 1 is 1.25 bits per heavy atom. The Hall–Kier alpha value is -0.100. The van der Waals surface area contributed by atoms with E-state index in [0.29, 0.717) is 21.8 Å². The fourth-order valence-electron chi connectivity index (χ4n) is 1.91. The quantitative estimate of drug-likeness (QED) is 0.690. The van der Waals surface area contributed by atoms with E-state index < -0.39 is 10.0 Å². The van der Waals surface area contributed by atoms with Crippen molar-refractivity contribution in [3.05, 3.63) is 28.2 Å². The first-order valence-corrected chi connectivity index (χ1v) is 9.33. The summed E-state index contributed by atoms with van der Waals surface area (Å²) in [6, 6.07) is 5.04. The maximum Gasteiger partial charge on any atom is 0.244 e. The molecule has 0 saturated carbocycles. The molecule has 6 heteroatoms. The summed E-state index contributed by atoms with van der Waals surface area (Å²) in [5.74, 6) is 0.631. The Kier molecular flexibility index (Phi) is 6.51. The van der Waals surface area contributed by atoms with Gasteiger partial charge in [0, 0.05) is 22.9 Å². The number of nitrogens with zero attached hydrogens (tertiary/aromatic N) is 1. The molecule has 1 aromatic rings. The van der Waals surface area contributed by atoms with Crippen LogP contribution in [0.25, 0.3) is 0 Å². The van der Waals surface area contributed by atoms with E-state index in [4.69, 9.17) is 11.6 Å². The zero-order chi connectivity index (χ0) is 15.5. The average molecular weight is 383 g/mol. The zero-order valence-electron chi connectivity index (χ0n) is 12.2. The number of benzene rings is 1. The average Bonchev–Trinajstić information content (AvgIpc) is 2.34. The van der Waals surface area contributed by atoms with Gasteiger partial charge in [-0.15, -0.1) is 11.6 Å². The molecule has 0 aliphatic rings. The first-order chi connectivity index (χ1) is 9.20. The van der Waals surface area contributed by atoms with Gasteiger partial charge in [-0.05, 0) is 53.4 Å². The summed E-state index contributed by atoms with van der Waals surface area (Å²) in [7, 11) is -3.51. The molecule has 0 radical (unpaired) electrons. The highest BCUT2D eigenvalue weighted by atomic mass is 79.9. The highest BCUT2D eigenvalue weighted by molar-refractivity contribution is 9.10. The number of rotatable bonds is 6. The van der Waals surface area contributed by atoms with Gasteiger partial charge < -0.3 is 0 Å². The number of halogens is 2. The molecule has 1 aromatic carbocycles. The first kappa shape index (κ1) is 18.0. The Bertz CT molecular complexity index is 558. The maximum absolute atomic E-state index is 12.8. The zero-order valence-corrected chi connectivity index (χ0v) is 15.4. The molecule has 0 aliphatic heterocycles. The van der Waals surface area contributed by atoms with Crippen molar-refractivity contribution in [2.75, 3.05) is 6.54 Å². The van der Waals surface area contributed by atoms with E-state index in [-0.39, 0.29) is 12.0 Å². The molecule has 0 atom stereocenters. The van der Waals surface area contributed by atoms with Crippen molar-refractivity contribution in [2.45, 2.75) is 44.5 Å². The van der Waals surface area contributed by atoms with Crippen molar-refractivity contribution >= 4 is 37.6 Å². The lowest BCUT2D eigenvalue weighted by molar-refractivity contribution is 0.318. The number of hydrogen-bond donors (Lipinski definition) is 0. The van der Waals surface area contributed by atoms with E-state index in [1.165, 1.54) is 4.31 Å². The van der Waals surface area contributed by atoms with Crippen molar-refractivity contribution in [1.82, 2.24) is 4.31 Å². The van der Waals surface area contributed by atoms with Crippen LogP contribution in [0.1, 0.15) is 33.3 Å². The maximum atomic E-state index is 12.8. The molecule has 0 aliphatic carbocycles. The van der Waals surface area contributed by atoms with Crippen LogP contribution in [0, 0.1) is 5.92 Å². The van der Waals surface area contributed by atoms with Gasteiger partial charge in [0.25, 0.3) is 0 Å². The Morgan fingerprint density at radius 3 is 2.25 bits per heavy atom. The monoisotopic (exact) mass is 381 g/mol. The van der Waals surface area contributed by atoms with E-state index in [1.54, 1.807) is 18.2 Å². The lowest BCUT2D eigenvalue weighted by Gasteiger charge is -2.28. The minimum Gasteiger partial charge on any atom is -0.207 e. The van der Waals surface area contributed by atoms with Crippen LogP contribution in [0.4, 0.5) is 0 Å². The van der Waals surface area contributed by atoms with Gasteiger partial charge in [-0.25, -0.2) is 8.42 Å². The smallest absolute Gasteiger partial charge is 0.207 e. The molecule has 0 heterocycles. The third kappa shape index (κ3) is 4.20. The summed E-state index contributed by atoms with van der Waals surface area (Å²) < 4.78 is 27.7. The summed E-state index contributed by atoms with van der Waals surface area (Å²) in [5, 5.41) is 0. The van der Waals surface area contributed by atoms with Crippen LogP contribution in [-0.4, -0.2) is 25.3 Å². The van der Waals surface area contributed by atoms with Gasteiger partial charge >= 0.3 is 0 Å². The standard InChI is InChI=1S/C14H21BrClNO2S/c1-10(2)9-17(11(3)4)20(18,19)14-6-5-12(8-16)7-13(14)15/h5-7,10-11H,8-9H2,1-4H3. The minimum absolute atomic E-state index is 0.0815. The molecule has 20 heavy (non-hydrogen) atoms. The van der Waals surface area contributed by atoms with Gasteiger partial charge in [0.2, 0.25) is 10.0 Å². The molecule has 0 spiro atoms. The van der Waals surface area contributed by atoms with E-state index in [9.17, 15) is 8.42 Å². The predicted octanol–water partition coefficient (Wildman–Crippen LogP) is 4.24. The molecule has 0 aromatic heterocycles. The van der Waals surface area contributed by atoms with Crippen LogP contribution < -0.4 is 0 Å². The van der Waals surface area contributed by atoms with Crippen molar-refractivity contribution in [3.63, 3.8) is 0 Å². The largest absolute Gasteiger partial charge is 0.244 e. The molecule has 0 fully saturated rings. The van der Waals surface area contributed by atoms with Crippen LogP contribution in [0.15, 0.2) is 27.6 Å². The fraction of sp³-hybridized carbons (Fsp3) is 0.571. The normalized spacial score (nSPS) is 12.7. The molecule has 0 saturated heterocycles. The van der Waals surface area contributed by atoms with Crippen LogP contribution in [0.5, 0.6) is 0 Å². The second-order valence-electron chi connectivity index (χ2n) is 5.46. The first-order valence-electron chi connectivity index (χ1n) is 6.56.